The third-order valence-electron chi connectivity index (χ3n) is 1.17. The first-order valence-corrected chi connectivity index (χ1v) is 3.37. The molecule has 0 fully saturated rings. The molecule has 0 aromatic rings. The van der Waals surface area contributed by atoms with Gasteiger partial charge in [0.2, 0.25) is 0 Å². The molecule has 9 heavy (non-hydrogen) atoms. The molecule has 1 N–H and O–H groups in total. The maximum atomic E-state index is 8.94. The summed E-state index contributed by atoms with van der Waals surface area (Å²) in [5, 5.41) is 8.94. The van der Waals surface area contributed by atoms with E-state index in [1.807, 2.05) is 20.8 Å². The molecule has 0 aliphatic carbocycles. The van der Waals surface area contributed by atoms with Crippen LogP contribution in [0.25, 0.3) is 0 Å². The van der Waals surface area contributed by atoms with Crippen molar-refractivity contribution in [2.75, 3.05) is 0 Å². The van der Waals surface area contributed by atoms with Gasteiger partial charge in [0.15, 0.2) is 0 Å². The van der Waals surface area contributed by atoms with Crippen LogP contribution in [0, 0.1) is 0 Å². The summed E-state index contributed by atoms with van der Waals surface area (Å²) in [6, 6.07) is 0. The van der Waals surface area contributed by atoms with Gasteiger partial charge in [-0.2, -0.15) is 0 Å². The van der Waals surface area contributed by atoms with Crippen molar-refractivity contribution in [1.29, 1.82) is 0 Å². The highest BCUT2D eigenvalue weighted by Crippen LogP contribution is 2.00. The second kappa shape index (κ2) is 3.85. The maximum Gasteiger partial charge on any atom is 0.0806 e. The molecular formula is C7H16O2. The Balaban J connectivity index is 3.38. The topological polar surface area (TPSA) is 29.5 Å². The third-order valence-corrected chi connectivity index (χ3v) is 1.17. The molecule has 2 unspecified atom stereocenters. The lowest BCUT2D eigenvalue weighted by Gasteiger charge is -2.17. The Morgan fingerprint density at radius 2 is 1.56 bits per heavy atom. The molecule has 0 saturated heterocycles. The van der Waals surface area contributed by atoms with Crippen molar-refractivity contribution in [3.63, 3.8) is 0 Å². The van der Waals surface area contributed by atoms with Crippen LogP contribution in [0.4, 0.5) is 0 Å². The van der Waals surface area contributed by atoms with Gasteiger partial charge in [-0.25, -0.2) is 0 Å². The number of hydrogen-bond donors (Lipinski definition) is 1. The average Bonchev–Trinajstić information content (AvgIpc) is 1.63. The summed E-state index contributed by atoms with van der Waals surface area (Å²) in [4.78, 5) is 0. The Morgan fingerprint density at radius 1 is 1.11 bits per heavy atom. The molecule has 0 spiro atoms. The first kappa shape index (κ1) is 8.92. The molecule has 0 heterocycles. The van der Waals surface area contributed by atoms with E-state index in [4.69, 9.17) is 9.84 Å². The molecule has 0 amide bonds. The lowest BCUT2D eigenvalue weighted by Crippen LogP contribution is -2.25. The molecule has 0 aliphatic rings. The van der Waals surface area contributed by atoms with Crippen molar-refractivity contribution in [3.05, 3.63) is 0 Å². The SMILES string of the molecule is CC(C)OC(C)C(C)O. The van der Waals surface area contributed by atoms with Gasteiger partial charge in [0, 0.05) is 0 Å². The molecule has 0 aromatic carbocycles. The van der Waals surface area contributed by atoms with Crippen LogP contribution in [0.5, 0.6) is 0 Å². The van der Waals surface area contributed by atoms with Gasteiger partial charge >= 0.3 is 0 Å². The van der Waals surface area contributed by atoms with Crippen LogP contribution < -0.4 is 0 Å². The van der Waals surface area contributed by atoms with E-state index < -0.39 is 0 Å². The predicted molar refractivity (Wildman–Crippen MR) is 37.4 cm³/mol. The number of aliphatic hydroxyl groups is 1. The van der Waals surface area contributed by atoms with Crippen LogP contribution in [-0.4, -0.2) is 23.4 Å². The lowest BCUT2D eigenvalue weighted by molar-refractivity contribution is -0.0476. The van der Waals surface area contributed by atoms with Crippen molar-refractivity contribution in [3.8, 4) is 0 Å². The lowest BCUT2D eigenvalue weighted by atomic mass is 10.2. The summed E-state index contributed by atoms with van der Waals surface area (Å²) < 4.78 is 5.26. The zero-order valence-corrected chi connectivity index (χ0v) is 6.59. The van der Waals surface area contributed by atoms with Crippen LogP contribution in [0.15, 0.2) is 0 Å². The van der Waals surface area contributed by atoms with Crippen molar-refractivity contribution in [2.24, 2.45) is 0 Å². The molecule has 0 aliphatic heterocycles. The Hall–Kier alpha value is -0.0800. The Kier molecular flexibility index (Phi) is 3.82. The van der Waals surface area contributed by atoms with Crippen molar-refractivity contribution < 1.29 is 9.84 Å². The first-order chi connectivity index (χ1) is 4.04. The quantitative estimate of drug-likeness (QED) is 0.624. The molecule has 0 rings (SSSR count). The molecule has 2 atom stereocenters. The van der Waals surface area contributed by atoms with Crippen LogP contribution in [-0.2, 0) is 4.74 Å². The Bertz CT molecular complexity index is 69.3. The third kappa shape index (κ3) is 4.43. The van der Waals surface area contributed by atoms with E-state index in [1.165, 1.54) is 0 Å². The van der Waals surface area contributed by atoms with E-state index in [1.54, 1.807) is 6.92 Å². The smallest absolute Gasteiger partial charge is 0.0806 e. The minimum Gasteiger partial charge on any atom is -0.391 e. The van der Waals surface area contributed by atoms with E-state index in [9.17, 15) is 0 Å². The summed E-state index contributed by atoms with van der Waals surface area (Å²) >= 11 is 0. The van der Waals surface area contributed by atoms with Crippen LogP contribution in [0.2, 0.25) is 0 Å². The standard InChI is InChI=1S/C7H16O2/c1-5(2)9-7(4)6(3)8/h5-8H,1-4H3. The highest BCUT2D eigenvalue weighted by molar-refractivity contribution is 4.57. The fourth-order valence-corrected chi connectivity index (χ4v) is 0.543. The number of rotatable bonds is 3. The van der Waals surface area contributed by atoms with Crippen molar-refractivity contribution in [2.45, 2.75) is 46.0 Å². The molecule has 0 radical (unpaired) electrons. The van der Waals surface area contributed by atoms with Gasteiger partial charge in [0.05, 0.1) is 18.3 Å². The zero-order chi connectivity index (χ0) is 7.44. The average molecular weight is 132 g/mol. The van der Waals surface area contributed by atoms with E-state index in [0.717, 1.165) is 0 Å². The predicted octanol–water partition coefficient (Wildman–Crippen LogP) is 1.18. The van der Waals surface area contributed by atoms with Gasteiger partial charge in [-0.1, -0.05) is 0 Å². The highest BCUT2D eigenvalue weighted by atomic mass is 16.5. The van der Waals surface area contributed by atoms with E-state index in [2.05, 4.69) is 0 Å². The summed E-state index contributed by atoms with van der Waals surface area (Å²) in [6.07, 6.45) is -0.216. The first-order valence-electron chi connectivity index (χ1n) is 3.37. The van der Waals surface area contributed by atoms with Crippen LogP contribution >= 0.6 is 0 Å². The summed E-state index contributed by atoms with van der Waals surface area (Å²) in [5.74, 6) is 0. The maximum absolute atomic E-state index is 8.94. The Labute approximate surface area is 56.8 Å². The van der Waals surface area contributed by atoms with Gasteiger partial charge in [-0.3, -0.25) is 0 Å². The number of aliphatic hydroxyl groups excluding tert-OH is 1. The van der Waals surface area contributed by atoms with Gasteiger partial charge in [-0.05, 0) is 27.7 Å². The van der Waals surface area contributed by atoms with Gasteiger partial charge < -0.3 is 9.84 Å². The van der Waals surface area contributed by atoms with E-state index >= 15 is 0 Å². The normalized spacial score (nSPS) is 18.0. The monoisotopic (exact) mass is 132 g/mol. The van der Waals surface area contributed by atoms with Crippen molar-refractivity contribution in [1.82, 2.24) is 0 Å². The fourth-order valence-electron chi connectivity index (χ4n) is 0.543. The summed E-state index contributed by atoms with van der Waals surface area (Å²) in [7, 11) is 0. The second-order valence-electron chi connectivity index (χ2n) is 2.63. The minimum atomic E-state index is -0.368. The number of ether oxygens (including phenoxy) is 1. The fraction of sp³-hybridized carbons (Fsp3) is 1.00. The van der Waals surface area contributed by atoms with Crippen LogP contribution in [0.1, 0.15) is 27.7 Å². The van der Waals surface area contributed by atoms with E-state index in [0.29, 0.717) is 0 Å². The highest BCUT2D eigenvalue weighted by Gasteiger charge is 2.09. The zero-order valence-electron chi connectivity index (χ0n) is 6.59. The van der Waals surface area contributed by atoms with E-state index in [-0.39, 0.29) is 18.3 Å². The largest absolute Gasteiger partial charge is 0.391 e. The Morgan fingerprint density at radius 3 is 1.67 bits per heavy atom. The van der Waals surface area contributed by atoms with Crippen molar-refractivity contribution >= 4 is 0 Å². The minimum absolute atomic E-state index is 0.0509. The molecule has 0 aromatic heterocycles. The van der Waals surface area contributed by atoms with Gasteiger partial charge in [0.1, 0.15) is 0 Å². The summed E-state index contributed by atoms with van der Waals surface area (Å²) in [6.45, 7) is 7.51. The molecular weight excluding hydrogens is 116 g/mol. The second-order valence-corrected chi connectivity index (χ2v) is 2.63. The molecule has 0 bridgehead atoms. The summed E-state index contributed by atoms with van der Waals surface area (Å²) in [5.41, 5.74) is 0. The number of hydrogen-bond acceptors (Lipinski definition) is 2. The molecule has 2 heteroatoms. The molecule has 2 nitrogen and oxygen atoms in total. The van der Waals surface area contributed by atoms with Gasteiger partial charge in [-0.15, -0.1) is 0 Å². The molecule has 0 saturated carbocycles. The molecule has 56 valence electrons. The van der Waals surface area contributed by atoms with Gasteiger partial charge in [0.25, 0.3) is 0 Å². The van der Waals surface area contributed by atoms with Crippen LogP contribution in [0.3, 0.4) is 0 Å².